The zero-order chi connectivity index (χ0) is 20.5. The lowest BCUT2D eigenvalue weighted by molar-refractivity contribution is -0.386. The van der Waals surface area contributed by atoms with Crippen LogP contribution in [0.15, 0.2) is 70.0 Å². The van der Waals surface area contributed by atoms with Crippen LogP contribution in [-0.4, -0.2) is 18.4 Å². The van der Waals surface area contributed by atoms with Gasteiger partial charge in [-0.05, 0) is 29.3 Å². The number of rotatable bonds is 5. The number of phenols is 1. The highest BCUT2D eigenvalue weighted by Gasteiger charge is 2.28. The van der Waals surface area contributed by atoms with Crippen molar-refractivity contribution in [2.75, 3.05) is 4.72 Å². The van der Waals surface area contributed by atoms with E-state index >= 15 is 0 Å². The Morgan fingerprint density at radius 1 is 1.04 bits per heavy atom. The van der Waals surface area contributed by atoms with Gasteiger partial charge in [0.05, 0.1) is 10.6 Å². The van der Waals surface area contributed by atoms with Crippen molar-refractivity contribution in [3.8, 4) is 16.9 Å². The summed E-state index contributed by atoms with van der Waals surface area (Å²) in [6.07, 6.45) is 0. The molecule has 2 N–H and O–H groups in total. The van der Waals surface area contributed by atoms with Gasteiger partial charge >= 0.3 is 5.69 Å². The maximum atomic E-state index is 14.5. The molecule has 0 aliphatic heterocycles. The van der Waals surface area contributed by atoms with E-state index in [2.05, 4.69) is 15.9 Å². The molecule has 0 aromatic heterocycles. The predicted octanol–water partition coefficient (Wildman–Crippen LogP) is 4.67. The van der Waals surface area contributed by atoms with E-state index in [1.54, 1.807) is 24.3 Å². The smallest absolute Gasteiger partial charge is 0.313 e. The first-order valence-electron chi connectivity index (χ1n) is 7.74. The number of hydrogen-bond donors (Lipinski definition) is 2. The van der Waals surface area contributed by atoms with E-state index in [0.29, 0.717) is 5.56 Å². The number of nitro groups is 1. The Kier molecular flexibility index (Phi) is 5.34. The van der Waals surface area contributed by atoms with Crippen molar-refractivity contribution >= 4 is 37.3 Å². The molecule has 0 fully saturated rings. The molecule has 7 nitrogen and oxygen atoms in total. The van der Waals surface area contributed by atoms with Crippen molar-refractivity contribution in [2.24, 2.45) is 0 Å². The van der Waals surface area contributed by atoms with Crippen molar-refractivity contribution in [2.45, 2.75) is 4.90 Å². The van der Waals surface area contributed by atoms with Gasteiger partial charge in [-0.15, -0.1) is 0 Å². The Bertz CT molecular complexity index is 1170. The summed E-state index contributed by atoms with van der Waals surface area (Å²) in [7, 11) is -4.50. The summed E-state index contributed by atoms with van der Waals surface area (Å²) in [6, 6.07) is 14.8. The van der Waals surface area contributed by atoms with E-state index in [4.69, 9.17) is 0 Å². The summed E-state index contributed by atoms with van der Waals surface area (Å²) in [5.41, 5.74) is 0.134. The molecule has 0 saturated heterocycles. The highest BCUT2D eigenvalue weighted by Crippen LogP contribution is 2.37. The molecule has 3 aromatic carbocycles. The first-order valence-corrected chi connectivity index (χ1v) is 10.0. The van der Waals surface area contributed by atoms with Gasteiger partial charge in [-0.25, -0.2) is 12.8 Å². The summed E-state index contributed by atoms with van der Waals surface area (Å²) < 4.78 is 41.7. The van der Waals surface area contributed by atoms with Crippen LogP contribution in [-0.2, 0) is 10.0 Å². The SMILES string of the molecule is O=[N+]([O-])c1cc(Br)cc(S(=O)(=O)Nc2ccc(-c3ccccc3)cc2F)c1O. The van der Waals surface area contributed by atoms with Crippen molar-refractivity contribution < 1.29 is 22.8 Å². The summed E-state index contributed by atoms with van der Waals surface area (Å²) in [5.74, 6) is -1.88. The highest BCUT2D eigenvalue weighted by atomic mass is 79.9. The minimum atomic E-state index is -4.50. The standard InChI is InChI=1S/C18H12BrFN2O5S/c19-13-9-16(22(24)25)18(23)17(10-13)28(26,27)21-15-7-6-12(8-14(15)20)11-4-2-1-3-5-11/h1-10,21,23H. The number of hydrogen-bond acceptors (Lipinski definition) is 5. The first kappa shape index (κ1) is 19.8. The number of aromatic hydroxyl groups is 1. The molecule has 0 unspecified atom stereocenters. The zero-order valence-electron chi connectivity index (χ0n) is 14.0. The van der Waals surface area contributed by atoms with Crippen LogP contribution in [0.3, 0.4) is 0 Å². The normalized spacial score (nSPS) is 11.2. The molecule has 10 heteroatoms. The molecule has 0 heterocycles. The maximum absolute atomic E-state index is 14.5. The van der Waals surface area contributed by atoms with Crippen LogP contribution in [0.1, 0.15) is 0 Å². The molecule has 3 aromatic rings. The summed E-state index contributed by atoms with van der Waals surface area (Å²) in [6.45, 7) is 0. The fraction of sp³-hybridized carbons (Fsp3) is 0. The Balaban J connectivity index is 1.99. The molecule has 3 rings (SSSR count). The number of nitro benzene ring substituents is 1. The number of nitrogens with one attached hydrogen (secondary N) is 1. The van der Waals surface area contributed by atoms with Crippen molar-refractivity contribution in [1.29, 1.82) is 0 Å². The van der Waals surface area contributed by atoms with Gasteiger partial charge in [0.1, 0.15) is 10.7 Å². The number of anilines is 1. The van der Waals surface area contributed by atoms with E-state index < -0.39 is 37.1 Å². The number of sulfonamides is 1. The Labute approximate surface area is 167 Å². The van der Waals surface area contributed by atoms with E-state index in [0.717, 1.165) is 23.8 Å². The third-order valence-corrected chi connectivity index (χ3v) is 5.66. The van der Waals surface area contributed by atoms with Crippen LogP contribution in [0.25, 0.3) is 11.1 Å². The molecule has 144 valence electrons. The first-order chi connectivity index (χ1) is 13.2. The largest absolute Gasteiger partial charge is 0.501 e. The van der Waals surface area contributed by atoms with Gasteiger partial charge in [-0.1, -0.05) is 52.3 Å². The third kappa shape index (κ3) is 3.97. The molecule has 0 saturated carbocycles. The highest BCUT2D eigenvalue weighted by molar-refractivity contribution is 9.10. The molecular formula is C18H12BrFN2O5S. The maximum Gasteiger partial charge on any atom is 0.313 e. The summed E-state index contributed by atoms with van der Waals surface area (Å²) in [4.78, 5) is 9.32. The lowest BCUT2D eigenvalue weighted by atomic mass is 10.1. The molecular weight excluding hydrogens is 455 g/mol. The van der Waals surface area contributed by atoms with Crippen molar-refractivity contribution in [3.05, 3.63) is 81.1 Å². The second kappa shape index (κ2) is 7.56. The average molecular weight is 467 g/mol. The lowest BCUT2D eigenvalue weighted by Gasteiger charge is -2.12. The molecule has 0 atom stereocenters. The van der Waals surface area contributed by atoms with Crippen LogP contribution in [0.4, 0.5) is 15.8 Å². The monoisotopic (exact) mass is 466 g/mol. The van der Waals surface area contributed by atoms with Gasteiger partial charge in [-0.3, -0.25) is 14.8 Å². The quantitative estimate of drug-likeness (QED) is 0.419. The minimum absolute atomic E-state index is 0.0669. The summed E-state index contributed by atoms with van der Waals surface area (Å²) in [5, 5.41) is 21.0. The van der Waals surface area contributed by atoms with Crippen LogP contribution in [0.2, 0.25) is 0 Å². The van der Waals surface area contributed by atoms with Gasteiger partial charge in [0, 0.05) is 10.5 Å². The van der Waals surface area contributed by atoms with Crippen LogP contribution < -0.4 is 4.72 Å². The lowest BCUT2D eigenvalue weighted by Crippen LogP contribution is -2.14. The fourth-order valence-corrected chi connectivity index (χ4v) is 4.32. The van der Waals surface area contributed by atoms with Crippen LogP contribution in [0.5, 0.6) is 5.75 Å². The predicted molar refractivity (Wildman–Crippen MR) is 105 cm³/mol. The van der Waals surface area contributed by atoms with Gasteiger partial charge in [-0.2, -0.15) is 0 Å². The van der Waals surface area contributed by atoms with Crippen LogP contribution in [0, 0.1) is 15.9 Å². The second-order valence-electron chi connectivity index (χ2n) is 5.69. The number of phenolic OH excluding ortho intramolecular Hbond substituents is 1. The van der Waals surface area contributed by atoms with Crippen molar-refractivity contribution in [1.82, 2.24) is 0 Å². The Morgan fingerprint density at radius 2 is 1.71 bits per heavy atom. The molecule has 0 aliphatic rings. The Hall–Kier alpha value is -2.98. The van der Waals surface area contributed by atoms with E-state index in [1.165, 1.54) is 12.1 Å². The van der Waals surface area contributed by atoms with Gasteiger partial charge in [0.25, 0.3) is 10.0 Å². The number of benzene rings is 3. The minimum Gasteiger partial charge on any atom is -0.501 e. The summed E-state index contributed by atoms with van der Waals surface area (Å²) >= 11 is 2.96. The van der Waals surface area contributed by atoms with E-state index in [-0.39, 0.29) is 10.2 Å². The number of halogens is 2. The molecule has 28 heavy (non-hydrogen) atoms. The molecule has 0 amide bonds. The van der Waals surface area contributed by atoms with E-state index in [9.17, 15) is 28.0 Å². The van der Waals surface area contributed by atoms with Gasteiger partial charge in [0.2, 0.25) is 5.75 Å². The number of nitrogens with zero attached hydrogens (tertiary/aromatic N) is 1. The molecule has 0 spiro atoms. The average Bonchev–Trinajstić information content (AvgIpc) is 2.65. The fourth-order valence-electron chi connectivity index (χ4n) is 2.51. The van der Waals surface area contributed by atoms with Crippen molar-refractivity contribution in [3.63, 3.8) is 0 Å². The third-order valence-electron chi connectivity index (χ3n) is 3.83. The zero-order valence-corrected chi connectivity index (χ0v) is 16.4. The van der Waals surface area contributed by atoms with Gasteiger partial charge < -0.3 is 5.11 Å². The van der Waals surface area contributed by atoms with Gasteiger partial charge in [0.15, 0.2) is 0 Å². The Morgan fingerprint density at radius 3 is 2.32 bits per heavy atom. The molecule has 0 radical (unpaired) electrons. The van der Waals surface area contributed by atoms with Crippen LogP contribution >= 0.6 is 15.9 Å². The molecule has 0 bridgehead atoms. The topological polar surface area (TPSA) is 110 Å². The molecule has 0 aliphatic carbocycles. The second-order valence-corrected chi connectivity index (χ2v) is 8.26. The van der Waals surface area contributed by atoms with E-state index in [1.807, 2.05) is 10.8 Å².